The van der Waals surface area contributed by atoms with Crippen LogP contribution in [0, 0.1) is 6.92 Å². The number of thioether (sulfide) groups is 1. The minimum atomic E-state index is -0.473. The minimum absolute atomic E-state index is 0.0245. The van der Waals surface area contributed by atoms with Crippen LogP contribution in [-0.2, 0) is 21.9 Å². The van der Waals surface area contributed by atoms with Crippen molar-refractivity contribution >= 4 is 35.2 Å². The maximum atomic E-state index is 13.1. The normalized spacial score (nSPS) is 11.7. The Labute approximate surface area is 183 Å². The summed E-state index contributed by atoms with van der Waals surface area (Å²) in [5.74, 6) is 0.922. The second-order valence-electron chi connectivity index (χ2n) is 6.95. The van der Waals surface area contributed by atoms with Gasteiger partial charge in [-0.05, 0) is 43.5 Å². The lowest BCUT2D eigenvalue weighted by Gasteiger charge is -2.30. The zero-order chi connectivity index (χ0) is 21.2. The van der Waals surface area contributed by atoms with Gasteiger partial charge in [0.1, 0.15) is 6.04 Å². The molecule has 0 aliphatic heterocycles. The first-order valence-corrected chi connectivity index (χ1v) is 11.4. The van der Waals surface area contributed by atoms with Crippen molar-refractivity contribution in [2.24, 2.45) is 0 Å². The van der Waals surface area contributed by atoms with Gasteiger partial charge in [-0.25, -0.2) is 0 Å². The SMILES string of the molecule is CCNC(=O)[C@@H](CC)N(Cc1cccc(C)c1)C(=O)CSCc1ccc(Cl)cc1. The minimum Gasteiger partial charge on any atom is -0.355 e. The highest BCUT2D eigenvalue weighted by Crippen LogP contribution is 2.19. The summed E-state index contributed by atoms with van der Waals surface area (Å²) in [6.45, 7) is 6.83. The highest BCUT2D eigenvalue weighted by molar-refractivity contribution is 7.99. The number of hydrogen-bond donors (Lipinski definition) is 1. The highest BCUT2D eigenvalue weighted by atomic mass is 35.5. The van der Waals surface area contributed by atoms with Gasteiger partial charge in [0, 0.05) is 23.9 Å². The molecule has 4 nitrogen and oxygen atoms in total. The van der Waals surface area contributed by atoms with Crippen LogP contribution in [-0.4, -0.2) is 35.1 Å². The first-order valence-electron chi connectivity index (χ1n) is 9.89. The van der Waals surface area contributed by atoms with Crippen molar-refractivity contribution in [2.75, 3.05) is 12.3 Å². The lowest BCUT2D eigenvalue weighted by molar-refractivity contribution is -0.139. The van der Waals surface area contributed by atoms with E-state index in [0.29, 0.717) is 30.3 Å². The molecule has 29 heavy (non-hydrogen) atoms. The molecule has 0 aromatic heterocycles. The summed E-state index contributed by atoms with van der Waals surface area (Å²) in [6.07, 6.45) is 0.575. The molecule has 0 saturated carbocycles. The van der Waals surface area contributed by atoms with Gasteiger partial charge < -0.3 is 10.2 Å². The van der Waals surface area contributed by atoms with Crippen molar-refractivity contribution in [2.45, 2.75) is 45.5 Å². The highest BCUT2D eigenvalue weighted by Gasteiger charge is 2.28. The number of nitrogens with one attached hydrogen (secondary N) is 1. The Bertz CT molecular complexity index is 811. The molecule has 0 aliphatic rings. The third-order valence-electron chi connectivity index (χ3n) is 4.58. The number of amides is 2. The Morgan fingerprint density at radius 3 is 2.45 bits per heavy atom. The van der Waals surface area contributed by atoms with Crippen LogP contribution in [0.3, 0.4) is 0 Å². The van der Waals surface area contributed by atoms with Gasteiger partial charge in [0.15, 0.2) is 0 Å². The van der Waals surface area contributed by atoms with E-state index in [1.165, 1.54) is 0 Å². The van der Waals surface area contributed by atoms with Crippen molar-refractivity contribution in [3.05, 3.63) is 70.2 Å². The fraction of sp³-hybridized carbons (Fsp3) is 0.391. The zero-order valence-corrected chi connectivity index (χ0v) is 18.9. The number of hydrogen-bond acceptors (Lipinski definition) is 3. The van der Waals surface area contributed by atoms with Gasteiger partial charge in [0.05, 0.1) is 5.75 Å². The molecule has 0 unspecified atom stereocenters. The molecule has 2 aromatic rings. The van der Waals surface area contributed by atoms with Crippen LogP contribution in [0.4, 0.5) is 0 Å². The summed E-state index contributed by atoms with van der Waals surface area (Å²) in [5.41, 5.74) is 3.29. The van der Waals surface area contributed by atoms with Gasteiger partial charge in [-0.3, -0.25) is 9.59 Å². The Morgan fingerprint density at radius 1 is 1.10 bits per heavy atom. The molecule has 0 bridgehead atoms. The first-order chi connectivity index (χ1) is 13.9. The standard InChI is InChI=1S/C23H29ClN2O2S/c1-4-21(23(28)25-5-2)26(14-19-8-6-7-17(3)13-19)22(27)16-29-15-18-9-11-20(24)12-10-18/h6-13,21H,4-5,14-16H2,1-3H3,(H,25,28)/t21-/m1/s1. The number of benzene rings is 2. The van der Waals surface area contributed by atoms with Gasteiger partial charge in [-0.2, -0.15) is 0 Å². The van der Waals surface area contributed by atoms with Gasteiger partial charge in [0.2, 0.25) is 11.8 Å². The fourth-order valence-electron chi connectivity index (χ4n) is 3.14. The second kappa shape index (κ2) is 11.9. The molecule has 1 N–H and O–H groups in total. The lowest BCUT2D eigenvalue weighted by Crippen LogP contribution is -2.49. The van der Waals surface area contributed by atoms with E-state index < -0.39 is 6.04 Å². The lowest BCUT2D eigenvalue weighted by atomic mass is 10.1. The molecule has 0 heterocycles. The number of likely N-dealkylation sites (N-methyl/N-ethyl adjacent to an activating group) is 1. The quantitative estimate of drug-likeness (QED) is 0.585. The Hall–Kier alpha value is -1.98. The molecule has 156 valence electrons. The molecule has 2 rings (SSSR count). The molecule has 0 radical (unpaired) electrons. The van der Waals surface area contributed by atoms with E-state index in [-0.39, 0.29) is 11.8 Å². The molecule has 1 atom stereocenters. The monoisotopic (exact) mass is 432 g/mol. The van der Waals surface area contributed by atoms with Crippen molar-refractivity contribution in [1.29, 1.82) is 0 Å². The van der Waals surface area contributed by atoms with Crippen LogP contribution < -0.4 is 5.32 Å². The van der Waals surface area contributed by atoms with Crippen molar-refractivity contribution in [1.82, 2.24) is 10.2 Å². The van der Waals surface area contributed by atoms with Crippen LogP contribution in [0.25, 0.3) is 0 Å². The van der Waals surface area contributed by atoms with Gasteiger partial charge in [-0.15, -0.1) is 11.8 Å². The van der Waals surface area contributed by atoms with E-state index in [1.807, 2.05) is 63.2 Å². The maximum Gasteiger partial charge on any atom is 0.242 e. The number of carbonyl (C=O) groups excluding carboxylic acids is 2. The zero-order valence-electron chi connectivity index (χ0n) is 17.3. The number of aryl methyl sites for hydroxylation is 1. The summed E-state index contributed by atoms with van der Waals surface area (Å²) < 4.78 is 0. The van der Waals surface area contributed by atoms with Crippen molar-refractivity contribution in [3.8, 4) is 0 Å². The molecule has 0 saturated heterocycles. The van der Waals surface area contributed by atoms with Crippen LogP contribution in [0.15, 0.2) is 48.5 Å². The largest absolute Gasteiger partial charge is 0.355 e. The number of rotatable bonds is 10. The Balaban J connectivity index is 2.10. The average molecular weight is 433 g/mol. The third-order valence-corrected chi connectivity index (χ3v) is 5.82. The molecule has 6 heteroatoms. The molecule has 2 amide bonds. The molecular formula is C23H29ClN2O2S. The second-order valence-corrected chi connectivity index (χ2v) is 8.37. The van der Waals surface area contributed by atoms with E-state index in [2.05, 4.69) is 11.4 Å². The van der Waals surface area contributed by atoms with E-state index >= 15 is 0 Å². The first kappa shape index (κ1) is 23.3. The summed E-state index contributed by atoms with van der Waals surface area (Å²) in [7, 11) is 0. The van der Waals surface area contributed by atoms with E-state index in [4.69, 9.17) is 11.6 Å². The summed E-state index contributed by atoms with van der Waals surface area (Å²) in [4.78, 5) is 27.4. The summed E-state index contributed by atoms with van der Waals surface area (Å²) in [6, 6.07) is 15.2. The maximum absolute atomic E-state index is 13.1. The average Bonchev–Trinajstić information content (AvgIpc) is 2.69. The van der Waals surface area contributed by atoms with E-state index in [0.717, 1.165) is 22.4 Å². The topological polar surface area (TPSA) is 49.4 Å². The molecular weight excluding hydrogens is 404 g/mol. The van der Waals surface area contributed by atoms with Crippen molar-refractivity contribution in [3.63, 3.8) is 0 Å². The summed E-state index contributed by atoms with van der Waals surface area (Å²) in [5, 5.41) is 3.56. The molecule has 0 aliphatic carbocycles. The smallest absolute Gasteiger partial charge is 0.242 e. The van der Waals surface area contributed by atoms with Crippen molar-refractivity contribution < 1.29 is 9.59 Å². The Morgan fingerprint density at radius 2 is 1.83 bits per heavy atom. The number of carbonyl (C=O) groups is 2. The van der Waals surface area contributed by atoms with Gasteiger partial charge in [0.25, 0.3) is 0 Å². The number of halogens is 1. The number of nitrogens with zero attached hydrogens (tertiary/aromatic N) is 1. The van der Waals surface area contributed by atoms with E-state index in [9.17, 15) is 9.59 Å². The molecule has 0 fully saturated rings. The van der Waals surface area contributed by atoms with Crippen LogP contribution >= 0.6 is 23.4 Å². The summed E-state index contributed by atoms with van der Waals surface area (Å²) >= 11 is 7.48. The van der Waals surface area contributed by atoms with Crippen LogP contribution in [0.5, 0.6) is 0 Å². The van der Waals surface area contributed by atoms with Crippen LogP contribution in [0.1, 0.15) is 37.0 Å². The van der Waals surface area contributed by atoms with Gasteiger partial charge >= 0.3 is 0 Å². The predicted molar refractivity (Wildman–Crippen MR) is 122 cm³/mol. The molecule has 2 aromatic carbocycles. The fourth-order valence-corrected chi connectivity index (χ4v) is 4.14. The predicted octanol–water partition coefficient (Wildman–Crippen LogP) is 4.83. The third kappa shape index (κ3) is 7.41. The van der Waals surface area contributed by atoms with Gasteiger partial charge in [-0.1, -0.05) is 60.5 Å². The molecule has 0 spiro atoms. The van der Waals surface area contributed by atoms with E-state index in [1.54, 1.807) is 16.7 Å². The Kier molecular flexibility index (Phi) is 9.55. The van der Waals surface area contributed by atoms with Crippen LogP contribution in [0.2, 0.25) is 5.02 Å².